The highest BCUT2D eigenvalue weighted by Crippen LogP contribution is 2.46. The minimum absolute atomic E-state index is 0.0952. The van der Waals surface area contributed by atoms with Crippen LogP contribution in [0.5, 0.6) is 0 Å². The van der Waals surface area contributed by atoms with Gasteiger partial charge in [-0.15, -0.1) is 0 Å². The number of esters is 1. The average Bonchev–Trinajstić information content (AvgIpc) is 3.14. The van der Waals surface area contributed by atoms with Crippen molar-refractivity contribution in [3.05, 3.63) is 67.0 Å². The SMILES string of the molecule is CC[C@@]1(O)C(=O)OCc2c1c([N+](=O)[O-])c1n(c2=O)Cc2c-1nc1ccccc1c2C=O. The highest BCUT2D eigenvalue weighted by atomic mass is 16.6. The maximum atomic E-state index is 13.3. The van der Waals surface area contributed by atoms with Gasteiger partial charge in [-0.2, -0.15) is 0 Å². The molecule has 1 N–H and O–H groups in total. The summed E-state index contributed by atoms with van der Waals surface area (Å²) in [6.45, 7) is 0.889. The lowest BCUT2D eigenvalue weighted by atomic mass is 9.84. The van der Waals surface area contributed by atoms with E-state index in [1.165, 1.54) is 6.92 Å². The van der Waals surface area contributed by atoms with E-state index in [2.05, 4.69) is 4.98 Å². The molecule has 3 aromatic rings. The van der Waals surface area contributed by atoms with Crippen LogP contribution >= 0.6 is 0 Å². The molecule has 0 fully saturated rings. The molecule has 5 rings (SSSR count). The molecule has 0 unspecified atom stereocenters. The molecular formula is C21H15N3O7. The fourth-order valence-electron chi connectivity index (χ4n) is 4.51. The van der Waals surface area contributed by atoms with E-state index in [0.717, 1.165) is 4.57 Å². The molecule has 0 saturated carbocycles. The van der Waals surface area contributed by atoms with Crippen LogP contribution < -0.4 is 5.56 Å². The lowest BCUT2D eigenvalue weighted by Gasteiger charge is -2.31. The Bertz CT molecular complexity index is 1410. The molecule has 1 atom stereocenters. The van der Waals surface area contributed by atoms with Gasteiger partial charge in [-0.25, -0.2) is 9.78 Å². The molecule has 0 aliphatic carbocycles. The van der Waals surface area contributed by atoms with Crippen molar-refractivity contribution in [3.63, 3.8) is 0 Å². The van der Waals surface area contributed by atoms with Gasteiger partial charge in [0, 0.05) is 16.5 Å². The fraction of sp³-hybridized carbons (Fsp3) is 0.238. The minimum Gasteiger partial charge on any atom is -0.458 e. The molecule has 31 heavy (non-hydrogen) atoms. The minimum atomic E-state index is -2.34. The van der Waals surface area contributed by atoms with E-state index in [4.69, 9.17) is 4.74 Å². The number of benzene rings is 1. The van der Waals surface area contributed by atoms with Gasteiger partial charge >= 0.3 is 11.7 Å². The number of aromatic nitrogens is 2. The Labute approximate surface area is 173 Å². The van der Waals surface area contributed by atoms with E-state index in [1.807, 2.05) is 0 Å². The van der Waals surface area contributed by atoms with Crippen LogP contribution in [0.4, 0.5) is 5.69 Å². The fourth-order valence-corrected chi connectivity index (χ4v) is 4.51. The number of para-hydroxylation sites is 1. The molecule has 2 aromatic heterocycles. The molecule has 2 aliphatic heterocycles. The predicted octanol–water partition coefficient (Wildman–Crippen LogP) is 1.80. The Morgan fingerprint density at radius 1 is 1.32 bits per heavy atom. The number of hydrogen-bond donors (Lipinski definition) is 1. The van der Waals surface area contributed by atoms with Gasteiger partial charge in [-0.05, 0) is 12.5 Å². The Morgan fingerprint density at radius 3 is 2.74 bits per heavy atom. The van der Waals surface area contributed by atoms with Crippen molar-refractivity contribution in [1.82, 2.24) is 9.55 Å². The summed E-state index contributed by atoms with van der Waals surface area (Å²) < 4.78 is 6.14. The topological polar surface area (TPSA) is 142 Å². The molecule has 0 saturated heterocycles. The van der Waals surface area contributed by atoms with E-state index in [9.17, 15) is 29.6 Å². The highest BCUT2D eigenvalue weighted by Gasteiger charge is 2.52. The van der Waals surface area contributed by atoms with Crippen molar-refractivity contribution in [2.24, 2.45) is 0 Å². The van der Waals surface area contributed by atoms with Crippen molar-refractivity contribution in [2.75, 3.05) is 0 Å². The van der Waals surface area contributed by atoms with Crippen molar-refractivity contribution in [1.29, 1.82) is 0 Å². The molecular weight excluding hydrogens is 406 g/mol. The second kappa shape index (κ2) is 6.29. The normalized spacial score (nSPS) is 18.8. The number of ether oxygens (including phenoxy) is 1. The quantitative estimate of drug-likeness (QED) is 0.228. The van der Waals surface area contributed by atoms with Gasteiger partial charge in [-0.3, -0.25) is 24.3 Å². The van der Waals surface area contributed by atoms with Crippen LogP contribution in [0, 0.1) is 10.1 Å². The molecule has 10 nitrogen and oxygen atoms in total. The smallest absolute Gasteiger partial charge is 0.343 e. The molecule has 10 heteroatoms. The molecule has 156 valence electrons. The van der Waals surface area contributed by atoms with Crippen molar-refractivity contribution in [3.8, 4) is 11.4 Å². The second-order valence-electron chi connectivity index (χ2n) is 7.48. The summed E-state index contributed by atoms with van der Waals surface area (Å²) in [6, 6.07) is 6.82. The van der Waals surface area contributed by atoms with Crippen LogP contribution in [0.2, 0.25) is 0 Å². The number of carbonyl (C=O) groups excluding carboxylic acids is 2. The first-order valence-electron chi connectivity index (χ1n) is 9.54. The van der Waals surface area contributed by atoms with Crippen LogP contribution in [0.3, 0.4) is 0 Å². The lowest BCUT2D eigenvalue weighted by Crippen LogP contribution is -2.45. The predicted molar refractivity (Wildman–Crippen MR) is 107 cm³/mol. The van der Waals surface area contributed by atoms with Gasteiger partial charge in [0.25, 0.3) is 5.56 Å². The van der Waals surface area contributed by atoms with Gasteiger partial charge in [-0.1, -0.05) is 25.1 Å². The average molecular weight is 421 g/mol. The zero-order valence-electron chi connectivity index (χ0n) is 16.2. The van der Waals surface area contributed by atoms with E-state index in [-0.39, 0.29) is 41.0 Å². The van der Waals surface area contributed by atoms with Gasteiger partial charge < -0.3 is 9.84 Å². The van der Waals surface area contributed by atoms with Crippen molar-refractivity contribution in [2.45, 2.75) is 32.1 Å². The monoisotopic (exact) mass is 421 g/mol. The maximum absolute atomic E-state index is 13.3. The van der Waals surface area contributed by atoms with Crippen molar-refractivity contribution < 1.29 is 24.4 Å². The highest BCUT2D eigenvalue weighted by molar-refractivity contribution is 6.01. The third-order valence-corrected chi connectivity index (χ3v) is 6.03. The summed E-state index contributed by atoms with van der Waals surface area (Å²) in [5, 5.41) is 23.8. The molecule has 4 heterocycles. The Balaban J connectivity index is 1.98. The number of rotatable bonds is 3. The van der Waals surface area contributed by atoms with Gasteiger partial charge in [0.1, 0.15) is 18.0 Å². The van der Waals surface area contributed by atoms with E-state index < -0.39 is 34.3 Å². The standard InChI is InChI=1S/C21H15N3O7/c1-2-21(28)15-13(9-31-20(21)27)19(26)23-7-11-12(8-25)10-5-3-4-6-14(10)22-16(11)18(23)17(15)24(29)30/h3-6,8,28H,2,7,9H2,1H3/t21-/m0/s1. The third-order valence-electron chi connectivity index (χ3n) is 6.03. The van der Waals surface area contributed by atoms with Gasteiger partial charge in [0.15, 0.2) is 11.9 Å². The van der Waals surface area contributed by atoms with Gasteiger partial charge in [0.2, 0.25) is 0 Å². The van der Waals surface area contributed by atoms with Crippen LogP contribution in [-0.4, -0.2) is 31.8 Å². The van der Waals surface area contributed by atoms with E-state index in [1.54, 1.807) is 24.3 Å². The maximum Gasteiger partial charge on any atom is 0.343 e. The summed E-state index contributed by atoms with van der Waals surface area (Å²) in [5.41, 5.74) is -2.96. The summed E-state index contributed by atoms with van der Waals surface area (Å²) in [6.07, 6.45) is 0.417. The van der Waals surface area contributed by atoms with Crippen LogP contribution in [0.25, 0.3) is 22.3 Å². The first-order valence-corrected chi connectivity index (χ1v) is 9.54. The van der Waals surface area contributed by atoms with Crippen LogP contribution in [0.15, 0.2) is 29.1 Å². The zero-order valence-corrected chi connectivity index (χ0v) is 16.2. The number of aliphatic hydroxyl groups is 1. The van der Waals surface area contributed by atoms with Gasteiger partial charge in [0.05, 0.1) is 28.1 Å². The Morgan fingerprint density at radius 2 is 2.06 bits per heavy atom. The number of nitro groups is 1. The number of fused-ring (bicyclic) bond motifs is 5. The third kappa shape index (κ3) is 2.30. The Kier molecular flexibility index (Phi) is 3.87. The van der Waals surface area contributed by atoms with Crippen LogP contribution in [0.1, 0.15) is 40.4 Å². The number of cyclic esters (lactones) is 1. The zero-order chi connectivity index (χ0) is 22.1. The summed E-state index contributed by atoms with van der Waals surface area (Å²) in [5.74, 6) is -1.05. The molecule has 0 bridgehead atoms. The lowest BCUT2D eigenvalue weighted by molar-refractivity contribution is -0.386. The molecule has 1 aromatic carbocycles. The number of carbonyl (C=O) groups is 2. The number of hydrogen-bond acceptors (Lipinski definition) is 8. The first-order chi connectivity index (χ1) is 14.8. The molecule has 2 aliphatic rings. The first kappa shape index (κ1) is 19.1. The molecule has 0 spiro atoms. The summed E-state index contributed by atoms with van der Waals surface area (Å²) in [4.78, 5) is 53.6. The summed E-state index contributed by atoms with van der Waals surface area (Å²) >= 11 is 0. The van der Waals surface area contributed by atoms with Crippen molar-refractivity contribution >= 4 is 28.8 Å². The summed E-state index contributed by atoms with van der Waals surface area (Å²) in [7, 11) is 0. The molecule has 0 radical (unpaired) electrons. The number of nitrogens with zero attached hydrogens (tertiary/aromatic N) is 3. The number of aldehydes is 1. The largest absolute Gasteiger partial charge is 0.458 e. The van der Waals surface area contributed by atoms with E-state index >= 15 is 0 Å². The Hall–Kier alpha value is -3.92. The van der Waals surface area contributed by atoms with E-state index in [0.29, 0.717) is 22.8 Å². The molecule has 0 amide bonds. The number of pyridine rings is 2. The second-order valence-corrected chi connectivity index (χ2v) is 7.48. The van der Waals surface area contributed by atoms with Crippen LogP contribution in [-0.2, 0) is 28.3 Å².